The minimum atomic E-state index is -0.769. The third-order valence-corrected chi connectivity index (χ3v) is 2.15. The molecule has 0 saturated heterocycles. The van der Waals surface area contributed by atoms with E-state index in [1.54, 1.807) is 6.07 Å². The Morgan fingerprint density at radius 1 is 1.54 bits per heavy atom. The van der Waals surface area contributed by atoms with Crippen LogP contribution < -0.4 is 0 Å². The van der Waals surface area contributed by atoms with Crippen LogP contribution in [0.5, 0.6) is 0 Å². The Morgan fingerprint density at radius 2 is 2.23 bits per heavy atom. The van der Waals surface area contributed by atoms with Crippen molar-refractivity contribution in [2.24, 2.45) is 0 Å². The Balaban J connectivity index is 2.72. The van der Waals surface area contributed by atoms with Crippen molar-refractivity contribution in [3.8, 4) is 0 Å². The summed E-state index contributed by atoms with van der Waals surface area (Å²) < 4.78 is 0. The van der Waals surface area contributed by atoms with Crippen molar-refractivity contribution in [1.82, 2.24) is 0 Å². The molecule has 0 aromatic heterocycles. The fourth-order valence-electron chi connectivity index (χ4n) is 1.18. The molecular weight excluding hydrogens is 188 g/mol. The first-order valence-corrected chi connectivity index (χ1v) is 4.44. The summed E-state index contributed by atoms with van der Waals surface area (Å²) in [5.41, 5.74) is 2.10. The Kier molecular flexibility index (Phi) is 3.32. The molecule has 0 amide bonds. The van der Waals surface area contributed by atoms with E-state index in [1.807, 2.05) is 19.1 Å². The van der Waals surface area contributed by atoms with Crippen molar-refractivity contribution in [2.45, 2.75) is 19.8 Å². The van der Waals surface area contributed by atoms with Gasteiger partial charge >= 0.3 is 5.97 Å². The average molecular weight is 199 g/mol. The number of rotatable bonds is 3. The zero-order valence-electron chi connectivity index (χ0n) is 7.38. The van der Waals surface area contributed by atoms with Crippen LogP contribution >= 0.6 is 11.6 Å². The van der Waals surface area contributed by atoms with Gasteiger partial charge in [0.1, 0.15) is 0 Å². The van der Waals surface area contributed by atoms with E-state index in [0.717, 1.165) is 11.1 Å². The molecule has 1 N–H and O–H groups in total. The molecule has 0 spiro atoms. The van der Waals surface area contributed by atoms with Gasteiger partial charge in [0, 0.05) is 11.4 Å². The van der Waals surface area contributed by atoms with Crippen molar-refractivity contribution in [1.29, 1.82) is 0 Å². The standard InChI is InChI=1S/C10H11ClO2/c1-7-6-9(11)4-2-8(7)3-5-10(12)13/h2,4,6H,3,5H2,1H3,(H,12,13). The van der Waals surface area contributed by atoms with Crippen LogP contribution in [0.1, 0.15) is 17.5 Å². The Bertz CT molecular complexity index is 321. The van der Waals surface area contributed by atoms with Crippen LogP contribution in [0.2, 0.25) is 5.02 Å². The first-order chi connectivity index (χ1) is 6.09. The van der Waals surface area contributed by atoms with Gasteiger partial charge < -0.3 is 5.11 Å². The predicted molar refractivity (Wildman–Crippen MR) is 52.1 cm³/mol. The molecule has 0 aliphatic rings. The maximum atomic E-state index is 10.3. The molecule has 0 fully saturated rings. The molecule has 0 heterocycles. The molecule has 1 aromatic rings. The molecule has 0 saturated carbocycles. The number of hydrogen-bond donors (Lipinski definition) is 1. The second-order valence-electron chi connectivity index (χ2n) is 2.96. The van der Waals surface area contributed by atoms with Crippen LogP contribution in [0.15, 0.2) is 18.2 Å². The fourth-order valence-corrected chi connectivity index (χ4v) is 1.41. The summed E-state index contributed by atoms with van der Waals surface area (Å²) in [5.74, 6) is -0.769. The smallest absolute Gasteiger partial charge is 0.303 e. The second-order valence-corrected chi connectivity index (χ2v) is 3.40. The lowest BCUT2D eigenvalue weighted by atomic mass is 10.0. The summed E-state index contributed by atoms with van der Waals surface area (Å²) >= 11 is 5.76. The normalized spacial score (nSPS) is 10.0. The van der Waals surface area contributed by atoms with Crippen LogP contribution in [0.25, 0.3) is 0 Å². The Morgan fingerprint density at radius 3 is 2.77 bits per heavy atom. The molecule has 1 rings (SSSR count). The first-order valence-electron chi connectivity index (χ1n) is 4.06. The van der Waals surface area contributed by atoms with Gasteiger partial charge in [-0.25, -0.2) is 0 Å². The van der Waals surface area contributed by atoms with Gasteiger partial charge in [0.05, 0.1) is 0 Å². The Hall–Kier alpha value is -1.02. The quantitative estimate of drug-likeness (QED) is 0.811. The lowest BCUT2D eigenvalue weighted by molar-refractivity contribution is -0.136. The molecule has 1 aromatic carbocycles. The van der Waals surface area contributed by atoms with Crippen LogP contribution in [0, 0.1) is 6.92 Å². The number of aryl methyl sites for hydroxylation is 2. The van der Waals surface area contributed by atoms with Gasteiger partial charge in [-0.15, -0.1) is 0 Å². The molecular formula is C10H11ClO2. The summed E-state index contributed by atoms with van der Waals surface area (Å²) in [7, 11) is 0. The fraction of sp³-hybridized carbons (Fsp3) is 0.300. The molecule has 0 unspecified atom stereocenters. The van der Waals surface area contributed by atoms with E-state index in [9.17, 15) is 4.79 Å². The van der Waals surface area contributed by atoms with Gasteiger partial charge in [-0.1, -0.05) is 17.7 Å². The lowest BCUT2D eigenvalue weighted by Crippen LogP contribution is -1.98. The van der Waals surface area contributed by atoms with E-state index in [-0.39, 0.29) is 6.42 Å². The number of carboxylic acid groups (broad SMARTS) is 1. The van der Waals surface area contributed by atoms with E-state index < -0.39 is 5.97 Å². The molecule has 0 radical (unpaired) electrons. The number of carboxylic acids is 1. The molecule has 0 aliphatic heterocycles. The third kappa shape index (κ3) is 3.07. The zero-order valence-corrected chi connectivity index (χ0v) is 8.14. The number of aliphatic carboxylic acids is 1. The number of carbonyl (C=O) groups is 1. The summed E-state index contributed by atoms with van der Waals surface area (Å²) in [4.78, 5) is 10.3. The molecule has 2 nitrogen and oxygen atoms in total. The summed E-state index contributed by atoms with van der Waals surface area (Å²) in [5, 5.41) is 9.19. The highest BCUT2D eigenvalue weighted by molar-refractivity contribution is 6.30. The van der Waals surface area contributed by atoms with Gasteiger partial charge in [0.25, 0.3) is 0 Å². The second kappa shape index (κ2) is 4.28. The molecule has 0 bridgehead atoms. The minimum Gasteiger partial charge on any atom is -0.481 e. The lowest BCUT2D eigenvalue weighted by Gasteiger charge is -2.03. The van der Waals surface area contributed by atoms with Crippen molar-refractivity contribution in [3.05, 3.63) is 34.3 Å². The summed E-state index contributed by atoms with van der Waals surface area (Å²) in [6.45, 7) is 1.93. The number of hydrogen-bond acceptors (Lipinski definition) is 1. The molecule has 3 heteroatoms. The summed E-state index contributed by atoms with van der Waals surface area (Å²) in [6.07, 6.45) is 0.737. The molecule has 13 heavy (non-hydrogen) atoms. The topological polar surface area (TPSA) is 37.3 Å². The molecule has 0 aliphatic carbocycles. The highest BCUT2D eigenvalue weighted by Crippen LogP contribution is 2.16. The third-order valence-electron chi connectivity index (χ3n) is 1.91. The van der Waals surface area contributed by atoms with Crippen molar-refractivity contribution in [2.75, 3.05) is 0 Å². The highest BCUT2D eigenvalue weighted by Gasteiger charge is 2.02. The maximum absolute atomic E-state index is 10.3. The first kappa shape index (κ1) is 10.1. The van der Waals surface area contributed by atoms with Crippen molar-refractivity contribution >= 4 is 17.6 Å². The van der Waals surface area contributed by atoms with Gasteiger partial charge in [-0.2, -0.15) is 0 Å². The van der Waals surface area contributed by atoms with E-state index in [1.165, 1.54) is 0 Å². The molecule has 0 atom stereocenters. The highest BCUT2D eigenvalue weighted by atomic mass is 35.5. The predicted octanol–water partition coefficient (Wildman–Crippen LogP) is 2.67. The summed E-state index contributed by atoms with van der Waals surface area (Å²) in [6, 6.07) is 5.51. The van der Waals surface area contributed by atoms with Gasteiger partial charge in [-0.05, 0) is 36.6 Å². The van der Waals surface area contributed by atoms with Crippen molar-refractivity contribution < 1.29 is 9.90 Å². The van der Waals surface area contributed by atoms with Crippen LogP contribution in [-0.2, 0) is 11.2 Å². The monoisotopic (exact) mass is 198 g/mol. The van der Waals surface area contributed by atoms with Gasteiger partial charge in [0.2, 0.25) is 0 Å². The minimum absolute atomic E-state index is 0.169. The number of benzene rings is 1. The zero-order chi connectivity index (χ0) is 9.84. The van der Waals surface area contributed by atoms with Crippen molar-refractivity contribution in [3.63, 3.8) is 0 Å². The average Bonchev–Trinajstić information content (AvgIpc) is 2.02. The van der Waals surface area contributed by atoms with E-state index in [0.29, 0.717) is 11.4 Å². The van der Waals surface area contributed by atoms with Gasteiger partial charge in [0.15, 0.2) is 0 Å². The number of halogens is 1. The van der Waals surface area contributed by atoms with Gasteiger partial charge in [-0.3, -0.25) is 4.79 Å². The van der Waals surface area contributed by atoms with E-state index in [4.69, 9.17) is 16.7 Å². The van der Waals surface area contributed by atoms with Crippen LogP contribution in [-0.4, -0.2) is 11.1 Å². The SMILES string of the molecule is Cc1cc(Cl)ccc1CCC(=O)O. The van der Waals surface area contributed by atoms with Crippen LogP contribution in [0.3, 0.4) is 0 Å². The van der Waals surface area contributed by atoms with Crippen LogP contribution in [0.4, 0.5) is 0 Å². The largest absolute Gasteiger partial charge is 0.481 e. The molecule has 70 valence electrons. The van der Waals surface area contributed by atoms with E-state index in [2.05, 4.69) is 0 Å². The maximum Gasteiger partial charge on any atom is 0.303 e. The Labute approximate surface area is 82.2 Å². The van der Waals surface area contributed by atoms with E-state index >= 15 is 0 Å².